The molecule has 0 saturated heterocycles. The molecule has 1 amide bonds. The minimum Gasteiger partial charge on any atom is -0.465 e. The lowest BCUT2D eigenvalue weighted by Crippen LogP contribution is -2.46. The van der Waals surface area contributed by atoms with E-state index in [9.17, 15) is 9.90 Å². The summed E-state index contributed by atoms with van der Waals surface area (Å²) in [6.07, 6.45) is -0.761. The number of carboxylic acid groups (broad SMARTS) is 1. The highest BCUT2D eigenvalue weighted by Gasteiger charge is 2.33. The Labute approximate surface area is 151 Å². The van der Waals surface area contributed by atoms with Gasteiger partial charge < -0.3 is 5.11 Å². The van der Waals surface area contributed by atoms with Gasteiger partial charge in [-0.15, -0.1) is 0 Å². The third kappa shape index (κ3) is 3.11. The van der Waals surface area contributed by atoms with Crippen LogP contribution in [0, 0.1) is 11.3 Å². The molecule has 0 saturated carbocycles. The molecule has 26 heavy (non-hydrogen) atoms. The van der Waals surface area contributed by atoms with Crippen LogP contribution in [-0.4, -0.2) is 26.5 Å². The van der Waals surface area contributed by atoms with Crippen LogP contribution in [0.2, 0.25) is 0 Å². The molecule has 2 aromatic carbocycles. The number of para-hydroxylation sites is 1. The van der Waals surface area contributed by atoms with Crippen molar-refractivity contribution >= 4 is 22.8 Å². The standard InChI is InChI=1S/C20H20N4O2/c1-20(2,3)23(19(25)26)18-16-10-9-14(11-12-21)13-17(16)22-24(18)15-7-5-4-6-8-15/h4-10,13H,11H2,1-3H3,(H,25,26). The molecule has 0 bridgehead atoms. The van der Waals surface area contributed by atoms with Crippen molar-refractivity contribution in [2.45, 2.75) is 32.7 Å². The zero-order valence-electron chi connectivity index (χ0n) is 15.0. The molecule has 0 spiro atoms. The number of hydrogen-bond donors (Lipinski definition) is 1. The van der Waals surface area contributed by atoms with Gasteiger partial charge in [-0.25, -0.2) is 9.48 Å². The van der Waals surface area contributed by atoms with Gasteiger partial charge in [0, 0.05) is 10.9 Å². The van der Waals surface area contributed by atoms with Gasteiger partial charge in [0.15, 0.2) is 0 Å². The van der Waals surface area contributed by atoms with Gasteiger partial charge in [0.1, 0.15) is 5.82 Å². The third-order valence-corrected chi connectivity index (χ3v) is 4.07. The second-order valence-electron chi connectivity index (χ2n) is 7.05. The molecule has 6 heteroatoms. The number of benzene rings is 2. The normalized spacial score (nSPS) is 11.3. The number of amides is 1. The molecule has 3 rings (SSSR count). The number of aromatic nitrogens is 2. The number of rotatable bonds is 3. The Morgan fingerprint density at radius 3 is 2.50 bits per heavy atom. The monoisotopic (exact) mass is 348 g/mol. The highest BCUT2D eigenvalue weighted by molar-refractivity contribution is 6.00. The second-order valence-corrected chi connectivity index (χ2v) is 7.05. The topological polar surface area (TPSA) is 82.2 Å². The second kappa shape index (κ2) is 6.52. The summed E-state index contributed by atoms with van der Waals surface area (Å²) in [5.41, 5.74) is 1.63. The molecule has 0 fully saturated rings. The van der Waals surface area contributed by atoms with E-state index in [4.69, 9.17) is 5.26 Å². The summed E-state index contributed by atoms with van der Waals surface area (Å²) >= 11 is 0. The van der Waals surface area contributed by atoms with Crippen molar-refractivity contribution in [3.63, 3.8) is 0 Å². The number of anilines is 1. The lowest BCUT2D eigenvalue weighted by molar-refractivity contribution is 0.195. The van der Waals surface area contributed by atoms with E-state index in [1.165, 1.54) is 4.90 Å². The highest BCUT2D eigenvalue weighted by Crippen LogP contribution is 2.34. The minimum absolute atomic E-state index is 0.283. The Balaban J connectivity index is 2.34. The summed E-state index contributed by atoms with van der Waals surface area (Å²) in [6, 6.07) is 17.1. The van der Waals surface area contributed by atoms with E-state index < -0.39 is 11.6 Å². The fourth-order valence-electron chi connectivity index (χ4n) is 2.98. The number of nitrogens with zero attached hydrogens (tertiary/aromatic N) is 4. The van der Waals surface area contributed by atoms with Gasteiger partial charge in [-0.1, -0.05) is 24.3 Å². The van der Waals surface area contributed by atoms with Crippen molar-refractivity contribution in [1.29, 1.82) is 5.26 Å². The summed E-state index contributed by atoms with van der Waals surface area (Å²) in [5, 5.41) is 24.2. The third-order valence-electron chi connectivity index (χ3n) is 4.07. The van der Waals surface area contributed by atoms with Crippen molar-refractivity contribution < 1.29 is 9.90 Å². The lowest BCUT2D eigenvalue weighted by atomic mass is 10.1. The highest BCUT2D eigenvalue weighted by atomic mass is 16.4. The number of nitriles is 1. The maximum atomic E-state index is 12.1. The Morgan fingerprint density at radius 2 is 1.92 bits per heavy atom. The van der Waals surface area contributed by atoms with Crippen LogP contribution in [0.1, 0.15) is 26.3 Å². The van der Waals surface area contributed by atoms with Gasteiger partial charge in [-0.3, -0.25) is 4.90 Å². The molecule has 0 aliphatic carbocycles. The van der Waals surface area contributed by atoms with E-state index in [0.29, 0.717) is 11.3 Å². The van der Waals surface area contributed by atoms with Gasteiger partial charge in [-0.2, -0.15) is 10.4 Å². The average Bonchev–Trinajstić information content (AvgIpc) is 2.93. The number of fused-ring (bicyclic) bond motifs is 1. The van der Waals surface area contributed by atoms with Gasteiger partial charge in [0.25, 0.3) is 0 Å². The lowest BCUT2D eigenvalue weighted by Gasteiger charge is -2.33. The zero-order chi connectivity index (χ0) is 18.9. The first-order chi connectivity index (χ1) is 12.3. The minimum atomic E-state index is -1.04. The van der Waals surface area contributed by atoms with Crippen molar-refractivity contribution in [2.75, 3.05) is 4.90 Å². The first kappa shape index (κ1) is 17.5. The molecule has 0 unspecified atom stereocenters. The van der Waals surface area contributed by atoms with E-state index in [1.54, 1.807) is 4.68 Å². The van der Waals surface area contributed by atoms with Crippen LogP contribution in [0.25, 0.3) is 16.6 Å². The van der Waals surface area contributed by atoms with Gasteiger partial charge >= 0.3 is 6.09 Å². The van der Waals surface area contributed by atoms with Gasteiger partial charge in [0.2, 0.25) is 0 Å². The molecule has 0 atom stereocenters. The van der Waals surface area contributed by atoms with E-state index in [1.807, 2.05) is 69.3 Å². The quantitative estimate of drug-likeness (QED) is 0.762. The van der Waals surface area contributed by atoms with E-state index in [2.05, 4.69) is 11.2 Å². The fraction of sp³-hybridized carbons (Fsp3) is 0.250. The van der Waals surface area contributed by atoms with Crippen LogP contribution in [0.5, 0.6) is 0 Å². The Morgan fingerprint density at radius 1 is 1.23 bits per heavy atom. The van der Waals surface area contributed by atoms with Crippen LogP contribution in [0.15, 0.2) is 48.5 Å². The summed E-state index contributed by atoms with van der Waals surface area (Å²) in [4.78, 5) is 13.4. The molecule has 1 aromatic heterocycles. The molecule has 0 aliphatic rings. The molecule has 132 valence electrons. The Bertz CT molecular complexity index is 994. The number of hydrogen-bond acceptors (Lipinski definition) is 3. The smallest absolute Gasteiger partial charge is 0.413 e. The van der Waals surface area contributed by atoms with Gasteiger partial charge in [-0.05, 0) is 50.6 Å². The summed E-state index contributed by atoms with van der Waals surface area (Å²) in [7, 11) is 0. The molecular weight excluding hydrogens is 328 g/mol. The molecular formula is C20H20N4O2. The van der Waals surface area contributed by atoms with Crippen LogP contribution >= 0.6 is 0 Å². The number of carbonyl (C=O) groups is 1. The van der Waals surface area contributed by atoms with Crippen LogP contribution in [-0.2, 0) is 6.42 Å². The molecule has 0 radical (unpaired) electrons. The molecule has 0 aliphatic heterocycles. The van der Waals surface area contributed by atoms with Crippen molar-refractivity contribution in [1.82, 2.24) is 9.78 Å². The molecule has 1 heterocycles. The van der Waals surface area contributed by atoms with E-state index in [0.717, 1.165) is 16.6 Å². The molecule has 3 aromatic rings. The Hall–Kier alpha value is -3.33. The predicted molar refractivity (Wildman–Crippen MR) is 101 cm³/mol. The van der Waals surface area contributed by atoms with Crippen LogP contribution in [0.3, 0.4) is 0 Å². The summed E-state index contributed by atoms with van der Waals surface area (Å²) in [6.45, 7) is 5.54. The maximum Gasteiger partial charge on any atom is 0.413 e. The van der Waals surface area contributed by atoms with E-state index >= 15 is 0 Å². The Kier molecular flexibility index (Phi) is 4.39. The fourth-order valence-corrected chi connectivity index (χ4v) is 2.98. The molecule has 1 N–H and O–H groups in total. The predicted octanol–water partition coefficient (Wildman–Crippen LogP) is 4.37. The first-order valence-corrected chi connectivity index (χ1v) is 8.30. The zero-order valence-corrected chi connectivity index (χ0v) is 15.0. The van der Waals surface area contributed by atoms with E-state index in [-0.39, 0.29) is 6.42 Å². The SMILES string of the molecule is CC(C)(C)N(C(=O)O)c1c2ccc(CC#N)cc2nn1-c1ccccc1. The first-order valence-electron chi connectivity index (χ1n) is 8.30. The van der Waals surface area contributed by atoms with Crippen molar-refractivity contribution in [3.8, 4) is 11.8 Å². The largest absolute Gasteiger partial charge is 0.465 e. The van der Waals surface area contributed by atoms with Gasteiger partial charge in [0.05, 0.1) is 23.7 Å². The molecule has 6 nitrogen and oxygen atoms in total. The summed E-state index contributed by atoms with van der Waals surface area (Å²) < 4.78 is 1.65. The van der Waals surface area contributed by atoms with Crippen molar-refractivity contribution in [3.05, 3.63) is 54.1 Å². The van der Waals surface area contributed by atoms with Crippen molar-refractivity contribution in [2.24, 2.45) is 0 Å². The average molecular weight is 348 g/mol. The maximum absolute atomic E-state index is 12.1. The van der Waals surface area contributed by atoms with Crippen LogP contribution in [0.4, 0.5) is 10.6 Å². The summed E-state index contributed by atoms with van der Waals surface area (Å²) in [5.74, 6) is 0.495. The van der Waals surface area contributed by atoms with Crippen LogP contribution < -0.4 is 4.90 Å².